The Morgan fingerprint density at radius 2 is 1.68 bits per heavy atom. The Bertz CT molecular complexity index is 545. The minimum absolute atomic E-state index is 0.167. The molecule has 1 fully saturated rings. The van der Waals surface area contributed by atoms with Crippen molar-refractivity contribution < 1.29 is 8.42 Å². The predicted octanol–water partition coefficient (Wildman–Crippen LogP) is 3.26. The number of sulfonamides is 1. The molecule has 0 bridgehead atoms. The number of benzene rings is 1. The molecule has 2 rings (SSSR count). The Balaban J connectivity index is 2.27. The lowest BCUT2D eigenvalue weighted by atomic mass is 9.96. The molecule has 0 saturated heterocycles. The van der Waals surface area contributed by atoms with Crippen molar-refractivity contribution in [2.45, 2.75) is 56.9 Å². The van der Waals surface area contributed by atoms with Gasteiger partial charge in [-0.05, 0) is 49.9 Å². The number of aryl methyl sites for hydroxylation is 2. The lowest BCUT2D eigenvalue weighted by Crippen LogP contribution is -2.38. The van der Waals surface area contributed by atoms with E-state index in [1.807, 2.05) is 19.9 Å². The van der Waals surface area contributed by atoms with Crippen LogP contribution in [0.4, 0.5) is 0 Å². The molecule has 1 saturated carbocycles. The third kappa shape index (κ3) is 3.00. The molecule has 0 atom stereocenters. The Labute approximate surface area is 116 Å². The molecule has 1 aliphatic carbocycles. The summed E-state index contributed by atoms with van der Waals surface area (Å²) in [5.41, 5.74) is 2.15. The second kappa shape index (κ2) is 5.63. The highest BCUT2D eigenvalue weighted by molar-refractivity contribution is 7.89. The van der Waals surface area contributed by atoms with Gasteiger partial charge in [0.25, 0.3) is 0 Å². The van der Waals surface area contributed by atoms with Crippen LogP contribution in [0.5, 0.6) is 0 Å². The number of hydrogen-bond acceptors (Lipinski definition) is 2. The molecule has 1 aromatic carbocycles. The van der Waals surface area contributed by atoms with Crippen molar-refractivity contribution in [1.29, 1.82) is 0 Å². The van der Waals surface area contributed by atoms with Crippen LogP contribution in [0.2, 0.25) is 0 Å². The average Bonchev–Trinajstić information content (AvgIpc) is 2.41. The van der Waals surface area contributed by atoms with E-state index in [-0.39, 0.29) is 6.04 Å². The summed E-state index contributed by atoms with van der Waals surface area (Å²) in [6.07, 6.45) is 5.48. The first-order chi connectivity index (χ1) is 8.93. The second-order valence-corrected chi connectivity index (χ2v) is 7.56. The minimum Gasteiger partial charge on any atom is -0.207 e. The lowest BCUT2D eigenvalue weighted by molar-refractivity contribution is 0.286. The van der Waals surface area contributed by atoms with Crippen LogP contribution >= 0.6 is 0 Å². The molecule has 0 amide bonds. The molecular formula is C15H23NO2S. The quantitative estimate of drug-likeness (QED) is 0.853. The van der Waals surface area contributed by atoms with Gasteiger partial charge in [0, 0.05) is 13.1 Å². The Morgan fingerprint density at radius 1 is 1.05 bits per heavy atom. The Hall–Kier alpha value is -0.870. The fourth-order valence-electron chi connectivity index (χ4n) is 2.68. The van der Waals surface area contributed by atoms with Crippen molar-refractivity contribution in [2.24, 2.45) is 0 Å². The van der Waals surface area contributed by atoms with Crippen molar-refractivity contribution >= 4 is 10.0 Å². The molecule has 0 aromatic heterocycles. The van der Waals surface area contributed by atoms with Gasteiger partial charge in [0.1, 0.15) is 0 Å². The summed E-state index contributed by atoms with van der Waals surface area (Å²) in [7, 11) is -1.62. The molecule has 0 spiro atoms. The smallest absolute Gasteiger partial charge is 0.207 e. The van der Waals surface area contributed by atoms with Crippen LogP contribution in [0.1, 0.15) is 43.2 Å². The SMILES string of the molecule is Cc1ccc(S(=O)(=O)N(C)C2CCCCC2)cc1C. The molecule has 3 nitrogen and oxygen atoms in total. The second-order valence-electron chi connectivity index (χ2n) is 5.56. The molecule has 0 heterocycles. The van der Waals surface area contributed by atoms with E-state index < -0.39 is 10.0 Å². The molecule has 0 unspecified atom stereocenters. The molecule has 1 aliphatic rings. The maximum Gasteiger partial charge on any atom is 0.243 e. The predicted molar refractivity (Wildman–Crippen MR) is 77.7 cm³/mol. The number of nitrogens with zero attached hydrogens (tertiary/aromatic N) is 1. The topological polar surface area (TPSA) is 37.4 Å². The molecular weight excluding hydrogens is 258 g/mol. The normalized spacial score (nSPS) is 17.9. The largest absolute Gasteiger partial charge is 0.243 e. The van der Waals surface area contributed by atoms with Crippen LogP contribution in [0.3, 0.4) is 0 Å². The zero-order valence-electron chi connectivity index (χ0n) is 12.0. The van der Waals surface area contributed by atoms with E-state index in [4.69, 9.17) is 0 Å². The van der Waals surface area contributed by atoms with E-state index in [0.29, 0.717) is 4.90 Å². The first kappa shape index (κ1) is 14.5. The fraction of sp³-hybridized carbons (Fsp3) is 0.600. The summed E-state index contributed by atoms with van der Waals surface area (Å²) in [6, 6.07) is 5.55. The van der Waals surface area contributed by atoms with Gasteiger partial charge in [-0.1, -0.05) is 25.3 Å². The van der Waals surface area contributed by atoms with Gasteiger partial charge in [-0.25, -0.2) is 8.42 Å². The summed E-state index contributed by atoms with van der Waals surface area (Å²) >= 11 is 0. The molecule has 0 radical (unpaired) electrons. The molecule has 0 aliphatic heterocycles. The summed E-state index contributed by atoms with van der Waals surface area (Å²) < 4.78 is 26.8. The van der Waals surface area contributed by atoms with Gasteiger partial charge >= 0.3 is 0 Å². The van der Waals surface area contributed by atoms with Crippen molar-refractivity contribution in [2.75, 3.05) is 7.05 Å². The highest BCUT2D eigenvalue weighted by Gasteiger charge is 2.29. The zero-order chi connectivity index (χ0) is 14.0. The van der Waals surface area contributed by atoms with Crippen LogP contribution in [-0.4, -0.2) is 25.8 Å². The van der Waals surface area contributed by atoms with Gasteiger partial charge < -0.3 is 0 Å². The standard InChI is InChI=1S/C15H23NO2S/c1-12-9-10-15(11-13(12)2)19(17,18)16(3)14-7-5-4-6-8-14/h9-11,14H,4-8H2,1-3H3. The fourth-order valence-corrected chi connectivity index (χ4v) is 4.18. The molecule has 1 aromatic rings. The van der Waals surface area contributed by atoms with Crippen LogP contribution in [-0.2, 0) is 10.0 Å². The van der Waals surface area contributed by atoms with Crippen LogP contribution in [0.15, 0.2) is 23.1 Å². The molecule has 0 N–H and O–H groups in total. The monoisotopic (exact) mass is 281 g/mol. The summed E-state index contributed by atoms with van der Waals surface area (Å²) in [5.74, 6) is 0. The van der Waals surface area contributed by atoms with E-state index in [1.54, 1.807) is 23.5 Å². The highest BCUT2D eigenvalue weighted by atomic mass is 32.2. The van der Waals surface area contributed by atoms with Crippen molar-refractivity contribution in [3.05, 3.63) is 29.3 Å². The molecule has 19 heavy (non-hydrogen) atoms. The Kier molecular flexibility index (Phi) is 4.31. The maximum atomic E-state index is 12.6. The number of hydrogen-bond donors (Lipinski definition) is 0. The van der Waals surface area contributed by atoms with Gasteiger partial charge in [-0.2, -0.15) is 4.31 Å². The minimum atomic E-state index is -3.34. The highest BCUT2D eigenvalue weighted by Crippen LogP contribution is 2.27. The van der Waals surface area contributed by atoms with E-state index in [1.165, 1.54) is 6.42 Å². The van der Waals surface area contributed by atoms with Crippen molar-refractivity contribution in [1.82, 2.24) is 4.31 Å². The van der Waals surface area contributed by atoms with Gasteiger partial charge in [0.05, 0.1) is 4.90 Å². The Morgan fingerprint density at radius 3 is 2.26 bits per heavy atom. The lowest BCUT2D eigenvalue weighted by Gasteiger charge is -2.30. The van der Waals surface area contributed by atoms with Crippen molar-refractivity contribution in [3.8, 4) is 0 Å². The van der Waals surface area contributed by atoms with Crippen LogP contribution < -0.4 is 0 Å². The summed E-state index contributed by atoms with van der Waals surface area (Å²) in [5, 5.41) is 0. The van der Waals surface area contributed by atoms with Gasteiger partial charge in [-0.3, -0.25) is 0 Å². The van der Waals surface area contributed by atoms with Crippen molar-refractivity contribution in [3.63, 3.8) is 0 Å². The third-order valence-electron chi connectivity index (χ3n) is 4.24. The maximum absolute atomic E-state index is 12.6. The zero-order valence-corrected chi connectivity index (χ0v) is 12.8. The van der Waals surface area contributed by atoms with E-state index in [9.17, 15) is 8.42 Å². The summed E-state index contributed by atoms with van der Waals surface area (Å²) in [4.78, 5) is 0.420. The van der Waals surface area contributed by atoms with Crippen LogP contribution in [0.25, 0.3) is 0 Å². The van der Waals surface area contributed by atoms with Gasteiger partial charge in [0.15, 0.2) is 0 Å². The third-order valence-corrected chi connectivity index (χ3v) is 6.15. The average molecular weight is 281 g/mol. The molecule has 106 valence electrons. The van der Waals surface area contributed by atoms with Gasteiger partial charge in [0.2, 0.25) is 10.0 Å². The summed E-state index contributed by atoms with van der Waals surface area (Å²) in [6.45, 7) is 3.95. The van der Waals surface area contributed by atoms with Crippen LogP contribution in [0, 0.1) is 13.8 Å². The van der Waals surface area contributed by atoms with E-state index >= 15 is 0 Å². The van der Waals surface area contributed by atoms with E-state index in [2.05, 4.69) is 0 Å². The first-order valence-electron chi connectivity index (χ1n) is 6.98. The number of rotatable bonds is 3. The van der Waals surface area contributed by atoms with Gasteiger partial charge in [-0.15, -0.1) is 0 Å². The first-order valence-corrected chi connectivity index (χ1v) is 8.42. The van der Waals surface area contributed by atoms with E-state index in [0.717, 1.165) is 36.8 Å². The molecule has 4 heteroatoms.